The summed E-state index contributed by atoms with van der Waals surface area (Å²) in [6.07, 6.45) is 7.89. The van der Waals surface area contributed by atoms with E-state index >= 15 is 0 Å². The van der Waals surface area contributed by atoms with Crippen molar-refractivity contribution >= 4 is 23.2 Å². The number of likely N-dealkylation sites (tertiary alicyclic amines) is 1. The molecule has 0 spiro atoms. The number of nitrogens with two attached hydrogens (primary N) is 1. The van der Waals surface area contributed by atoms with E-state index in [4.69, 9.17) is 31.5 Å². The number of carbonyl (C=O) groups is 1. The molecule has 172 valence electrons. The molecule has 0 aliphatic carbocycles. The van der Waals surface area contributed by atoms with E-state index in [0.717, 1.165) is 44.6 Å². The molecule has 3 heterocycles. The third kappa shape index (κ3) is 5.28. The number of halogens is 1. The van der Waals surface area contributed by atoms with Crippen molar-refractivity contribution in [3.05, 3.63) is 22.2 Å². The summed E-state index contributed by atoms with van der Waals surface area (Å²) >= 11 is 6.26. The summed E-state index contributed by atoms with van der Waals surface area (Å²) in [5, 5.41) is 3.55. The Morgan fingerprint density at radius 1 is 1.35 bits per heavy atom. The SMILES string of the molecule is CO[C@H]1CN(CCCCC2CCCO2)CC[C@H]1NC(=O)c1cc(Cl)c(N)c2c1OCC2. The van der Waals surface area contributed by atoms with E-state index in [-0.39, 0.29) is 18.1 Å². The quantitative estimate of drug-likeness (QED) is 0.466. The van der Waals surface area contributed by atoms with Crippen LogP contribution >= 0.6 is 11.6 Å². The number of nitrogens with zero attached hydrogens (tertiary/aromatic N) is 1. The monoisotopic (exact) mass is 451 g/mol. The van der Waals surface area contributed by atoms with E-state index in [1.54, 1.807) is 13.2 Å². The number of fused-ring (bicyclic) bond motifs is 1. The first-order valence-electron chi connectivity index (χ1n) is 11.5. The van der Waals surface area contributed by atoms with Gasteiger partial charge in [0.25, 0.3) is 5.91 Å². The lowest BCUT2D eigenvalue weighted by Gasteiger charge is -2.38. The molecule has 3 aliphatic rings. The molecule has 8 heteroatoms. The molecule has 2 fully saturated rings. The lowest BCUT2D eigenvalue weighted by Crippen LogP contribution is -2.54. The number of ether oxygens (including phenoxy) is 3. The summed E-state index contributed by atoms with van der Waals surface area (Å²) in [5.74, 6) is 0.383. The van der Waals surface area contributed by atoms with Crippen LogP contribution < -0.4 is 15.8 Å². The molecular formula is C23H34ClN3O4. The maximum Gasteiger partial charge on any atom is 0.255 e. The molecule has 7 nitrogen and oxygen atoms in total. The van der Waals surface area contributed by atoms with E-state index in [2.05, 4.69) is 10.2 Å². The third-order valence-electron chi connectivity index (χ3n) is 6.75. The van der Waals surface area contributed by atoms with Gasteiger partial charge in [-0.1, -0.05) is 11.6 Å². The van der Waals surface area contributed by atoms with Crippen LogP contribution in [0.15, 0.2) is 6.07 Å². The van der Waals surface area contributed by atoms with Gasteiger partial charge in [0.1, 0.15) is 5.75 Å². The van der Waals surface area contributed by atoms with Gasteiger partial charge in [-0.2, -0.15) is 0 Å². The number of hydrogen-bond donors (Lipinski definition) is 2. The molecule has 1 amide bonds. The van der Waals surface area contributed by atoms with Crippen molar-refractivity contribution in [2.24, 2.45) is 0 Å². The zero-order valence-electron chi connectivity index (χ0n) is 18.3. The highest BCUT2D eigenvalue weighted by Crippen LogP contribution is 2.38. The highest BCUT2D eigenvalue weighted by molar-refractivity contribution is 6.33. The van der Waals surface area contributed by atoms with Crippen LogP contribution in [0.5, 0.6) is 5.75 Å². The maximum absolute atomic E-state index is 13.0. The van der Waals surface area contributed by atoms with Gasteiger partial charge in [-0.25, -0.2) is 0 Å². The number of amides is 1. The van der Waals surface area contributed by atoms with Crippen molar-refractivity contribution < 1.29 is 19.0 Å². The van der Waals surface area contributed by atoms with Crippen LogP contribution in [0.3, 0.4) is 0 Å². The van der Waals surface area contributed by atoms with E-state index in [1.165, 1.54) is 25.7 Å². The Labute approximate surface area is 189 Å². The van der Waals surface area contributed by atoms with Gasteiger partial charge in [0.05, 0.1) is 41.1 Å². The maximum atomic E-state index is 13.0. The number of benzene rings is 1. The van der Waals surface area contributed by atoms with Gasteiger partial charge in [-0.15, -0.1) is 0 Å². The van der Waals surface area contributed by atoms with Crippen LogP contribution in [0.2, 0.25) is 5.02 Å². The molecule has 3 atom stereocenters. The molecule has 3 aliphatic heterocycles. The Bertz CT molecular complexity index is 785. The standard InChI is InChI=1S/C23H34ClN3O4/c1-29-20-14-27(9-3-2-5-15-6-4-11-30-15)10-7-19(20)26-23(28)17-13-18(24)21(25)16-8-12-31-22(16)17/h13,15,19-20H,2-12,14,25H2,1H3,(H,26,28)/t15?,19-,20+/m1/s1. The van der Waals surface area contributed by atoms with E-state index in [1.807, 2.05) is 0 Å². The number of piperidine rings is 1. The number of unbranched alkanes of at least 4 members (excludes halogenated alkanes) is 1. The predicted octanol–water partition coefficient (Wildman–Crippen LogP) is 3.03. The van der Waals surface area contributed by atoms with Crippen molar-refractivity contribution in [1.82, 2.24) is 10.2 Å². The molecule has 31 heavy (non-hydrogen) atoms. The summed E-state index contributed by atoms with van der Waals surface area (Å²) in [4.78, 5) is 15.5. The van der Waals surface area contributed by atoms with E-state index < -0.39 is 0 Å². The largest absolute Gasteiger partial charge is 0.492 e. The van der Waals surface area contributed by atoms with Crippen molar-refractivity contribution in [1.29, 1.82) is 0 Å². The molecule has 0 radical (unpaired) electrons. The Morgan fingerprint density at radius 2 is 2.23 bits per heavy atom. The molecule has 0 bridgehead atoms. The van der Waals surface area contributed by atoms with Gasteiger partial charge in [0.2, 0.25) is 0 Å². The van der Waals surface area contributed by atoms with Crippen molar-refractivity contribution in [2.75, 3.05) is 45.7 Å². The van der Waals surface area contributed by atoms with Crippen LogP contribution in [-0.2, 0) is 15.9 Å². The molecular weight excluding hydrogens is 418 g/mol. The molecule has 0 saturated carbocycles. The van der Waals surface area contributed by atoms with Gasteiger partial charge >= 0.3 is 0 Å². The second-order valence-electron chi connectivity index (χ2n) is 8.80. The average molecular weight is 452 g/mol. The van der Waals surface area contributed by atoms with E-state index in [0.29, 0.717) is 41.2 Å². The molecule has 1 aromatic rings. The van der Waals surface area contributed by atoms with Gasteiger partial charge < -0.3 is 30.2 Å². The summed E-state index contributed by atoms with van der Waals surface area (Å²) in [6, 6.07) is 1.57. The fraction of sp³-hybridized carbons (Fsp3) is 0.696. The van der Waals surface area contributed by atoms with Gasteiger partial charge in [0, 0.05) is 38.8 Å². The number of hydrogen-bond acceptors (Lipinski definition) is 6. The smallest absolute Gasteiger partial charge is 0.255 e. The Kier molecular flexibility index (Phi) is 7.59. The Balaban J connectivity index is 1.29. The average Bonchev–Trinajstić information content (AvgIpc) is 3.47. The first kappa shape index (κ1) is 22.6. The Morgan fingerprint density at radius 3 is 3.00 bits per heavy atom. The fourth-order valence-electron chi connectivity index (χ4n) is 4.95. The summed E-state index contributed by atoms with van der Waals surface area (Å²) < 4.78 is 17.1. The first-order valence-corrected chi connectivity index (χ1v) is 11.9. The van der Waals surface area contributed by atoms with Crippen LogP contribution in [-0.4, -0.2) is 69.0 Å². The predicted molar refractivity (Wildman–Crippen MR) is 121 cm³/mol. The van der Waals surface area contributed by atoms with Crippen molar-refractivity contribution in [3.63, 3.8) is 0 Å². The van der Waals surface area contributed by atoms with E-state index in [9.17, 15) is 4.79 Å². The summed E-state index contributed by atoms with van der Waals surface area (Å²) in [6.45, 7) is 4.27. The second-order valence-corrected chi connectivity index (χ2v) is 9.21. The fourth-order valence-corrected chi connectivity index (χ4v) is 5.17. The number of nitrogen functional groups attached to an aromatic ring is 1. The molecule has 0 aromatic heterocycles. The third-order valence-corrected chi connectivity index (χ3v) is 7.06. The minimum Gasteiger partial charge on any atom is -0.492 e. The minimum absolute atomic E-state index is 0.0471. The van der Waals surface area contributed by atoms with Crippen LogP contribution in [0.4, 0.5) is 5.69 Å². The number of rotatable bonds is 8. The second kappa shape index (κ2) is 10.4. The number of methoxy groups -OCH3 is 1. The lowest BCUT2D eigenvalue weighted by atomic mass is 9.99. The van der Waals surface area contributed by atoms with Crippen LogP contribution in [0, 0.1) is 0 Å². The lowest BCUT2D eigenvalue weighted by molar-refractivity contribution is 0.00563. The zero-order chi connectivity index (χ0) is 21.8. The zero-order valence-corrected chi connectivity index (χ0v) is 19.1. The highest BCUT2D eigenvalue weighted by atomic mass is 35.5. The van der Waals surface area contributed by atoms with Crippen LogP contribution in [0.25, 0.3) is 0 Å². The highest BCUT2D eigenvalue weighted by Gasteiger charge is 2.32. The molecule has 2 saturated heterocycles. The summed E-state index contributed by atoms with van der Waals surface area (Å²) in [5.41, 5.74) is 7.85. The topological polar surface area (TPSA) is 86.1 Å². The van der Waals surface area contributed by atoms with Gasteiger partial charge in [-0.05, 0) is 51.1 Å². The van der Waals surface area contributed by atoms with Crippen LogP contribution in [0.1, 0.15) is 54.4 Å². The van der Waals surface area contributed by atoms with Gasteiger partial charge in [0.15, 0.2) is 0 Å². The molecule has 1 aromatic carbocycles. The normalized spacial score (nSPS) is 25.9. The number of anilines is 1. The van der Waals surface area contributed by atoms with Crippen molar-refractivity contribution in [3.8, 4) is 5.75 Å². The first-order chi connectivity index (χ1) is 15.1. The summed E-state index contributed by atoms with van der Waals surface area (Å²) in [7, 11) is 1.71. The Hall–Kier alpha value is -1.54. The minimum atomic E-state index is -0.183. The van der Waals surface area contributed by atoms with Crippen molar-refractivity contribution in [2.45, 2.75) is 63.2 Å². The van der Waals surface area contributed by atoms with Gasteiger partial charge in [-0.3, -0.25) is 4.79 Å². The number of nitrogens with one attached hydrogen (secondary N) is 1. The number of carbonyl (C=O) groups excluding carboxylic acids is 1. The molecule has 4 rings (SSSR count). The molecule has 3 N–H and O–H groups in total. The molecule has 1 unspecified atom stereocenters.